The Hall–Kier alpha value is -3.01. The summed E-state index contributed by atoms with van der Waals surface area (Å²) < 4.78 is 4.69. The second-order valence-corrected chi connectivity index (χ2v) is 5.89. The number of esters is 1. The predicted molar refractivity (Wildman–Crippen MR) is 96.7 cm³/mol. The van der Waals surface area contributed by atoms with E-state index in [1.165, 1.54) is 7.11 Å². The zero-order chi connectivity index (χ0) is 17.6. The van der Waals surface area contributed by atoms with Crippen molar-refractivity contribution in [2.75, 3.05) is 7.11 Å². The lowest BCUT2D eigenvalue weighted by Crippen LogP contribution is -2.02. The molecule has 0 saturated carbocycles. The van der Waals surface area contributed by atoms with Crippen LogP contribution in [0.4, 0.5) is 0 Å². The van der Waals surface area contributed by atoms with Gasteiger partial charge in [0.25, 0.3) is 0 Å². The average Bonchev–Trinajstić information content (AvgIpc) is 2.66. The monoisotopic (exact) mass is 333 g/mol. The third kappa shape index (κ3) is 3.91. The van der Waals surface area contributed by atoms with Crippen LogP contribution in [-0.2, 0) is 22.4 Å². The molecule has 4 heteroatoms. The first-order valence-electron chi connectivity index (χ1n) is 8.17. The number of hydrogen-bond donors (Lipinski definition) is 0. The molecule has 0 saturated heterocycles. The fourth-order valence-corrected chi connectivity index (χ4v) is 2.97. The summed E-state index contributed by atoms with van der Waals surface area (Å²) in [6.45, 7) is 0. The Labute approximate surface area is 146 Å². The lowest BCUT2D eigenvalue weighted by molar-refractivity contribution is -0.140. The number of aldehydes is 1. The predicted octanol–water partition coefficient (Wildman–Crippen LogP) is 3.74. The molecule has 0 unspecified atom stereocenters. The number of hydrogen-bond acceptors (Lipinski definition) is 4. The standard InChI is InChI=1S/C21H19NO3/c1-25-21(24)9-8-15-4-2-5-16(12-15)13-20-19-7-3-6-17(14-23)18(19)10-11-22-20/h2-7,10-12,14H,8-9,13H2,1H3. The van der Waals surface area contributed by atoms with E-state index < -0.39 is 0 Å². The molecule has 0 aliphatic carbocycles. The molecule has 2 aromatic carbocycles. The van der Waals surface area contributed by atoms with Gasteiger partial charge in [-0.1, -0.05) is 42.5 Å². The minimum atomic E-state index is -0.206. The highest BCUT2D eigenvalue weighted by Crippen LogP contribution is 2.22. The zero-order valence-corrected chi connectivity index (χ0v) is 14.1. The van der Waals surface area contributed by atoms with Crippen LogP contribution in [-0.4, -0.2) is 24.3 Å². The number of benzene rings is 2. The first-order chi connectivity index (χ1) is 12.2. The first kappa shape index (κ1) is 16.8. The highest BCUT2D eigenvalue weighted by molar-refractivity contribution is 5.98. The second kappa shape index (κ2) is 7.71. The van der Waals surface area contributed by atoms with E-state index in [-0.39, 0.29) is 5.97 Å². The molecule has 0 aliphatic heterocycles. The summed E-state index contributed by atoms with van der Waals surface area (Å²) in [5, 5.41) is 1.91. The summed E-state index contributed by atoms with van der Waals surface area (Å²) in [4.78, 5) is 27.0. The van der Waals surface area contributed by atoms with E-state index >= 15 is 0 Å². The molecule has 0 N–H and O–H groups in total. The number of ether oxygens (including phenoxy) is 1. The van der Waals surface area contributed by atoms with Crippen LogP contribution in [0.3, 0.4) is 0 Å². The van der Waals surface area contributed by atoms with Crippen LogP contribution in [0.5, 0.6) is 0 Å². The van der Waals surface area contributed by atoms with Gasteiger partial charge in [0.2, 0.25) is 0 Å². The number of aryl methyl sites for hydroxylation is 1. The number of rotatable bonds is 6. The summed E-state index contributed by atoms with van der Waals surface area (Å²) in [5.74, 6) is -0.206. The van der Waals surface area contributed by atoms with Gasteiger partial charge in [-0.05, 0) is 29.0 Å². The van der Waals surface area contributed by atoms with Crippen molar-refractivity contribution in [3.8, 4) is 0 Å². The highest BCUT2D eigenvalue weighted by atomic mass is 16.5. The molecule has 3 aromatic rings. The van der Waals surface area contributed by atoms with Crippen LogP contribution in [0.2, 0.25) is 0 Å². The fourth-order valence-electron chi connectivity index (χ4n) is 2.97. The SMILES string of the molecule is COC(=O)CCc1cccc(Cc2nccc3c(C=O)cccc23)c1. The van der Waals surface area contributed by atoms with Gasteiger partial charge in [0.15, 0.2) is 6.29 Å². The Morgan fingerprint density at radius 1 is 1.08 bits per heavy atom. The Balaban J connectivity index is 1.87. The molecular weight excluding hydrogens is 314 g/mol. The van der Waals surface area contributed by atoms with Crippen molar-refractivity contribution in [1.29, 1.82) is 0 Å². The number of carbonyl (C=O) groups excluding carboxylic acids is 2. The Kier molecular flexibility index (Phi) is 5.19. The molecular formula is C21H19NO3. The summed E-state index contributed by atoms with van der Waals surface area (Å²) in [6, 6.07) is 15.7. The van der Waals surface area contributed by atoms with Gasteiger partial charge in [0, 0.05) is 30.0 Å². The molecule has 0 radical (unpaired) electrons. The Morgan fingerprint density at radius 2 is 1.88 bits per heavy atom. The van der Waals surface area contributed by atoms with Gasteiger partial charge < -0.3 is 4.74 Å². The van der Waals surface area contributed by atoms with E-state index in [1.54, 1.807) is 6.20 Å². The fraction of sp³-hybridized carbons (Fsp3) is 0.190. The third-order valence-corrected chi connectivity index (χ3v) is 4.26. The zero-order valence-electron chi connectivity index (χ0n) is 14.1. The van der Waals surface area contributed by atoms with Crippen molar-refractivity contribution in [3.63, 3.8) is 0 Å². The van der Waals surface area contributed by atoms with Crippen LogP contribution in [0, 0.1) is 0 Å². The van der Waals surface area contributed by atoms with E-state index in [2.05, 4.69) is 11.1 Å². The molecule has 0 amide bonds. The van der Waals surface area contributed by atoms with E-state index in [1.807, 2.05) is 42.5 Å². The van der Waals surface area contributed by atoms with Gasteiger partial charge in [-0.3, -0.25) is 14.6 Å². The summed E-state index contributed by atoms with van der Waals surface area (Å²) in [7, 11) is 1.40. The van der Waals surface area contributed by atoms with Crippen LogP contribution in [0.15, 0.2) is 54.7 Å². The topological polar surface area (TPSA) is 56.3 Å². The molecule has 0 aliphatic rings. The van der Waals surface area contributed by atoms with Crippen molar-refractivity contribution < 1.29 is 14.3 Å². The number of fused-ring (bicyclic) bond motifs is 1. The van der Waals surface area contributed by atoms with Gasteiger partial charge in [-0.2, -0.15) is 0 Å². The van der Waals surface area contributed by atoms with Crippen molar-refractivity contribution in [2.24, 2.45) is 0 Å². The summed E-state index contributed by atoms with van der Waals surface area (Å²) in [5.41, 5.74) is 3.83. The van der Waals surface area contributed by atoms with Gasteiger partial charge in [0.1, 0.15) is 0 Å². The molecule has 4 nitrogen and oxygen atoms in total. The van der Waals surface area contributed by atoms with Crippen LogP contribution >= 0.6 is 0 Å². The minimum Gasteiger partial charge on any atom is -0.469 e. The van der Waals surface area contributed by atoms with Crippen LogP contribution in [0.25, 0.3) is 10.8 Å². The quantitative estimate of drug-likeness (QED) is 0.509. The van der Waals surface area contributed by atoms with E-state index in [0.717, 1.165) is 33.9 Å². The number of nitrogens with zero attached hydrogens (tertiary/aromatic N) is 1. The van der Waals surface area contributed by atoms with Crippen LogP contribution < -0.4 is 0 Å². The normalized spacial score (nSPS) is 10.6. The average molecular weight is 333 g/mol. The Bertz CT molecular complexity index is 918. The summed E-state index contributed by atoms with van der Waals surface area (Å²) in [6.07, 6.45) is 4.31. The first-order valence-corrected chi connectivity index (χ1v) is 8.17. The van der Waals surface area contributed by atoms with Crippen molar-refractivity contribution >= 4 is 23.0 Å². The molecule has 0 fully saturated rings. The van der Waals surface area contributed by atoms with Gasteiger partial charge >= 0.3 is 5.97 Å². The third-order valence-electron chi connectivity index (χ3n) is 4.26. The molecule has 25 heavy (non-hydrogen) atoms. The maximum Gasteiger partial charge on any atom is 0.305 e. The number of carbonyl (C=O) groups is 2. The van der Waals surface area contributed by atoms with Gasteiger partial charge in [-0.25, -0.2) is 0 Å². The van der Waals surface area contributed by atoms with Crippen molar-refractivity contribution in [2.45, 2.75) is 19.3 Å². The van der Waals surface area contributed by atoms with Crippen LogP contribution in [0.1, 0.15) is 33.6 Å². The number of pyridine rings is 1. The Morgan fingerprint density at radius 3 is 2.68 bits per heavy atom. The largest absolute Gasteiger partial charge is 0.469 e. The minimum absolute atomic E-state index is 0.206. The number of methoxy groups -OCH3 is 1. The van der Waals surface area contributed by atoms with E-state index in [9.17, 15) is 9.59 Å². The van der Waals surface area contributed by atoms with Crippen molar-refractivity contribution in [3.05, 3.63) is 77.1 Å². The van der Waals surface area contributed by atoms with Gasteiger partial charge in [-0.15, -0.1) is 0 Å². The second-order valence-electron chi connectivity index (χ2n) is 5.89. The lowest BCUT2D eigenvalue weighted by atomic mass is 9.99. The maximum atomic E-state index is 11.3. The van der Waals surface area contributed by atoms with Crippen molar-refractivity contribution in [1.82, 2.24) is 4.98 Å². The molecule has 0 bridgehead atoms. The number of aromatic nitrogens is 1. The molecule has 3 rings (SSSR count). The molecule has 126 valence electrons. The van der Waals surface area contributed by atoms with Gasteiger partial charge in [0.05, 0.1) is 12.8 Å². The van der Waals surface area contributed by atoms with E-state index in [0.29, 0.717) is 24.8 Å². The highest BCUT2D eigenvalue weighted by Gasteiger charge is 2.08. The molecule has 1 aromatic heterocycles. The molecule has 1 heterocycles. The van der Waals surface area contributed by atoms with E-state index in [4.69, 9.17) is 4.74 Å². The summed E-state index contributed by atoms with van der Waals surface area (Å²) >= 11 is 0. The molecule has 0 spiro atoms. The maximum absolute atomic E-state index is 11.3. The lowest BCUT2D eigenvalue weighted by Gasteiger charge is -2.09. The smallest absolute Gasteiger partial charge is 0.305 e. The molecule has 0 atom stereocenters.